The van der Waals surface area contributed by atoms with Gasteiger partial charge in [-0.25, -0.2) is 0 Å². The second-order valence-electron chi connectivity index (χ2n) is 5.44. The standard InChI is InChI=1S/C15H19NO8/c1-4-9-5-11(24-16-9)12(14(19)20)10-6-21-15(23-8(3)18)13(10)22-7(2)17/h5,10,12-13,15H,4,6H2,1-3H3,(H,19,20)/t10-,12-,13+,15-/m0/s1. The monoisotopic (exact) mass is 341 g/mol. The Labute approximate surface area is 137 Å². The van der Waals surface area contributed by atoms with Crippen LogP contribution in [0, 0.1) is 5.92 Å². The van der Waals surface area contributed by atoms with Gasteiger partial charge in [0.2, 0.25) is 6.29 Å². The van der Waals surface area contributed by atoms with E-state index in [-0.39, 0.29) is 12.4 Å². The van der Waals surface area contributed by atoms with Crippen molar-refractivity contribution >= 4 is 17.9 Å². The lowest BCUT2D eigenvalue weighted by Gasteiger charge is -2.24. The maximum absolute atomic E-state index is 11.8. The van der Waals surface area contributed by atoms with Crippen molar-refractivity contribution in [1.29, 1.82) is 0 Å². The van der Waals surface area contributed by atoms with Crippen LogP contribution in [0.2, 0.25) is 0 Å². The minimum Gasteiger partial charge on any atom is -0.481 e. The smallest absolute Gasteiger partial charge is 0.314 e. The Hall–Kier alpha value is -2.42. The van der Waals surface area contributed by atoms with Crippen molar-refractivity contribution in [2.75, 3.05) is 6.61 Å². The largest absolute Gasteiger partial charge is 0.481 e. The molecule has 2 rings (SSSR count). The number of nitrogens with zero attached hydrogens (tertiary/aromatic N) is 1. The lowest BCUT2D eigenvalue weighted by molar-refractivity contribution is -0.190. The number of hydrogen-bond donors (Lipinski definition) is 1. The van der Waals surface area contributed by atoms with Crippen molar-refractivity contribution in [3.8, 4) is 0 Å². The van der Waals surface area contributed by atoms with Gasteiger partial charge in [-0.2, -0.15) is 0 Å². The molecule has 1 aromatic rings. The van der Waals surface area contributed by atoms with Gasteiger partial charge in [-0.1, -0.05) is 12.1 Å². The number of carboxylic acid groups (broad SMARTS) is 1. The minimum absolute atomic E-state index is 0.0744. The molecule has 0 amide bonds. The molecule has 2 heterocycles. The molecule has 24 heavy (non-hydrogen) atoms. The number of rotatable bonds is 6. The van der Waals surface area contributed by atoms with Crippen LogP contribution in [-0.4, -0.2) is 47.2 Å². The van der Waals surface area contributed by atoms with Crippen molar-refractivity contribution in [3.63, 3.8) is 0 Å². The molecule has 132 valence electrons. The van der Waals surface area contributed by atoms with Gasteiger partial charge in [-0.05, 0) is 6.42 Å². The fourth-order valence-corrected chi connectivity index (χ4v) is 2.64. The molecule has 0 saturated carbocycles. The Kier molecular flexibility index (Phi) is 5.55. The highest BCUT2D eigenvalue weighted by Gasteiger charge is 2.50. The van der Waals surface area contributed by atoms with E-state index in [1.165, 1.54) is 13.8 Å². The second kappa shape index (κ2) is 7.43. The van der Waals surface area contributed by atoms with Gasteiger partial charge in [0.05, 0.1) is 12.3 Å². The van der Waals surface area contributed by atoms with Crippen LogP contribution >= 0.6 is 0 Å². The first-order chi connectivity index (χ1) is 11.3. The summed E-state index contributed by atoms with van der Waals surface area (Å²) in [7, 11) is 0. The van der Waals surface area contributed by atoms with E-state index in [4.69, 9.17) is 18.7 Å². The Balaban J connectivity index is 2.31. The number of aliphatic carboxylic acids is 1. The average molecular weight is 341 g/mol. The fourth-order valence-electron chi connectivity index (χ4n) is 2.64. The Morgan fingerprint density at radius 2 is 2.00 bits per heavy atom. The normalized spacial score (nSPS) is 24.4. The zero-order valence-electron chi connectivity index (χ0n) is 13.6. The van der Waals surface area contributed by atoms with Crippen LogP contribution in [0.4, 0.5) is 0 Å². The third-order valence-corrected chi connectivity index (χ3v) is 3.67. The number of carbonyl (C=O) groups excluding carboxylic acids is 2. The van der Waals surface area contributed by atoms with Crippen molar-refractivity contribution < 1.29 is 38.2 Å². The van der Waals surface area contributed by atoms with Gasteiger partial charge in [0.1, 0.15) is 5.92 Å². The van der Waals surface area contributed by atoms with Crippen molar-refractivity contribution in [3.05, 3.63) is 17.5 Å². The molecule has 4 atom stereocenters. The zero-order valence-corrected chi connectivity index (χ0v) is 13.6. The van der Waals surface area contributed by atoms with E-state index in [1.54, 1.807) is 6.07 Å². The molecule has 1 fully saturated rings. The molecular weight excluding hydrogens is 322 g/mol. The number of carbonyl (C=O) groups is 3. The summed E-state index contributed by atoms with van der Waals surface area (Å²) >= 11 is 0. The van der Waals surface area contributed by atoms with Crippen LogP contribution < -0.4 is 0 Å². The maximum Gasteiger partial charge on any atom is 0.314 e. The molecule has 1 aliphatic rings. The molecule has 0 aliphatic carbocycles. The van der Waals surface area contributed by atoms with E-state index in [1.807, 2.05) is 6.92 Å². The maximum atomic E-state index is 11.8. The Morgan fingerprint density at radius 3 is 2.50 bits per heavy atom. The van der Waals surface area contributed by atoms with E-state index < -0.39 is 42.1 Å². The summed E-state index contributed by atoms with van der Waals surface area (Å²) in [5.41, 5.74) is 0.607. The first-order valence-electron chi connectivity index (χ1n) is 7.47. The summed E-state index contributed by atoms with van der Waals surface area (Å²) in [6, 6.07) is 1.54. The van der Waals surface area contributed by atoms with Gasteiger partial charge < -0.3 is 23.8 Å². The van der Waals surface area contributed by atoms with Gasteiger partial charge in [0, 0.05) is 25.8 Å². The SMILES string of the molecule is CCc1cc([C@@H](C(=O)O)[C@@H]2CO[C@@H](OC(C)=O)[C@@H]2OC(C)=O)on1. The lowest BCUT2D eigenvalue weighted by atomic mass is 9.87. The summed E-state index contributed by atoms with van der Waals surface area (Å²) < 4.78 is 20.6. The van der Waals surface area contributed by atoms with Crippen molar-refractivity contribution in [1.82, 2.24) is 5.16 Å². The highest BCUT2D eigenvalue weighted by molar-refractivity contribution is 5.76. The molecule has 1 N–H and O–H groups in total. The van der Waals surface area contributed by atoms with E-state index in [2.05, 4.69) is 5.16 Å². The molecule has 0 bridgehead atoms. The highest BCUT2D eigenvalue weighted by atomic mass is 16.7. The number of esters is 2. The molecule has 0 radical (unpaired) electrons. The lowest BCUT2D eigenvalue weighted by Crippen LogP contribution is -2.38. The predicted molar refractivity (Wildman–Crippen MR) is 76.8 cm³/mol. The van der Waals surface area contributed by atoms with E-state index >= 15 is 0 Å². The summed E-state index contributed by atoms with van der Waals surface area (Å²) in [6.45, 7) is 4.14. The molecule has 0 aromatic carbocycles. The van der Waals surface area contributed by atoms with Crippen LogP contribution in [-0.2, 0) is 35.0 Å². The molecule has 0 unspecified atom stereocenters. The number of hydrogen-bond acceptors (Lipinski definition) is 8. The fraction of sp³-hybridized carbons (Fsp3) is 0.600. The van der Waals surface area contributed by atoms with Crippen LogP contribution in [0.15, 0.2) is 10.6 Å². The van der Waals surface area contributed by atoms with Crippen LogP contribution in [0.1, 0.15) is 38.1 Å². The summed E-state index contributed by atoms with van der Waals surface area (Å²) in [5, 5.41) is 13.4. The Bertz CT molecular complexity index is 625. The number of ether oxygens (including phenoxy) is 3. The minimum atomic E-state index is -1.18. The topological polar surface area (TPSA) is 125 Å². The van der Waals surface area contributed by atoms with Crippen LogP contribution in [0.5, 0.6) is 0 Å². The number of aryl methyl sites for hydroxylation is 1. The van der Waals surface area contributed by atoms with Crippen LogP contribution in [0.3, 0.4) is 0 Å². The van der Waals surface area contributed by atoms with Gasteiger partial charge in [-0.15, -0.1) is 0 Å². The van der Waals surface area contributed by atoms with Crippen molar-refractivity contribution in [2.24, 2.45) is 5.92 Å². The Morgan fingerprint density at radius 1 is 1.33 bits per heavy atom. The van der Waals surface area contributed by atoms with Gasteiger partial charge >= 0.3 is 17.9 Å². The second-order valence-corrected chi connectivity index (χ2v) is 5.44. The van der Waals surface area contributed by atoms with Crippen molar-refractivity contribution in [2.45, 2.75) is 45.5 Å². The summed E-state index contributed by atoms with van der Waals surface area (Å²) in [4.78, 5) is 34.3. The first kappa shape index (κ1) is 17.9. The average Bonchev–Trinajstić information content (AvgIpc) is 3.08. The molecule has 1 aliphatic heterocycles. The predicted octanol–water partition coefficient (Wildman–Crippen LogP) is 0.872. The third-order valence-electron chi connectivity index (χ3n) is 3.67. The van der Waals surface area contributed by atoms with Crippen LogP contribution in [0.25, 0.3) is 0 Å². The first-order valence-corrected chi connectivity index (χ1v) is 7.47. The molecule has 1 aromatic heterocycles. The molecule has 9 heteroatoms. The highest BCUT2D eigenvalue weighted by Crippen LogP contribution is 2.37. The molecule has 9 nitrogen and oxygen atoms in total. The number of aromatic nitrogens is 1. The zero-order chi connectivity index (χ0) is 17.9. The summed E-state index contributed by atoms with van der Waals surface area (Å²) in [5.74, 6) is -4.24. The van der Waals surface area contributed by atoms with Gasteiger partial charge in [0.15, 0.2) is 11.9 Å². The molecule has 1 saturated heterocycles. The number of carboxylic acids is 1. The van der Waals surface area contributed by atoms with Gasteiger partial charge in [-0.3, -0.25) is 14.4 Å². The van der Waals surface area contributed by atoms with E-state index in [0.29, 0.717) is 12.1 Å². The third kappa shape index (κ3) is 3.91. The van der Waals surface area contributed by atoms with Gasteiger partial charge in [0.25, 0.3) is 0 Å². The quantitative estimate of drug-likeness (QED) is 0.750. The summed E-state index contributed by atoms with van der Waals surface area (Å²) in [6.07, 6.45) is -1.63. The molecule has 0 spiro atoms. The molecular formula is C15H19NO8. The van der Waals surface area contributed by atoms with E-state index in [9.17, 15) is 19.5 Å². The van der Waals surface area contributed by atoms with E-state index in [0.717, 1.165) is 0 Å².